The molecule has 3 aromatic rings. The summed E-state index contributed by atoms with van der Waals surface area (Å²) in [4.78, 5) is 4.31. The Labute approximate surface area is 149 Å². The van der Waals surface area contributed by atoms with Crippen molar-refractivity contribution in [1.29, 1.82) is 0 Å². The number of alkyl halides is 2. The van der Waals surface area contributed by atoms with Gasteiger partial charge in [-0.15, -0.1) is 0 Å². The molecule has 0 fully saturated rings. The first-order valence-corrected chi connectivity index (χ1v) is 8.33. The van der Waals surface area contributed by atoms with E-state index in [1.165, 1.54) is 18.3 Å². The Hall–Kier alpha value is -2.06. The van der Waals surface area contributed by atoms with Crippen molar-refractivity contribution in [1.82, 2.24) is 9.38 Å². The highest BCUT2D eigenvalue weighted by Crippen LogP contribution is 2.46. The average molecular weight is 413 g/mol. The van der Waals surface area contributed by atoms with Gasteiger partial charge in [-0.25, -0.2) is 9.37 Å². The summed E-state index contributed by atoms with van der Waals surface area (Å²) in [5, 5.41) is 10.4. The summed E-state index contributed by atoms with van der Waals surface area (Å²) in [6, 6.07) is 7.73. The van der Waals surface area contributed by atoms with Gasteiger partial charge in [-0.05, 0) is 28.4 Å². The number of aromatic nitrogens is 2. The van der Waals surface area contributed by atoms with E-state index in [0.717, 1.165) is 0 Å². The summed E-state index contributed by atoms with van der Waals surface area (Å²) in [5.74, 6) is -0.811. The number of hydrogen-bond acceptors (Lipinski definition) is 3. The third-order valence-electron chi connectivity index (χ3n) is 4.35. The molecule has 0 aliphatic heterocycles. The van der Waals surface area contributed by atoms with Gasteiger partial charge in [0.05, 0.1) is 22.0 Å². The molecule has 1 aliphatic rings. The molecule has 0 saturated heterocycles. The zero-order valence-corrected chi connectivity index (χ0v) is 14.3. The summed E-state index contributed by atoms with van der Waals surface area (Å²) >= 11 is 3.14. The van der Waals surface area contributed by atoms with Crippen LogP contribution >= 0.6 is 15.9 Å². The van der Waals surface area contributed by atoms with Crippen LogP contribution in [0.5, 0.6) is 5.75 Å². The van der Waals surface area contributed by atoms with E-state index >= 15 is 0 Å². The van der Waals surface area contributed by atoms with E-state index in [1.807, 2.05) is 0 Å². The molecule has 0 amide bonds. The number of aliphatic hydroxyl groups excluding tert-OH is 1. The number of nitrogens with zero attached hydrogens (tertiary/aromatic N) is 2. The second-order valence-electron chi connectivity index (χ2n) is 5.80. The lowest BCUT2D eigenvalue weighted by Crippen LogP contribution is -2.08. The van der Waals surface area contributed by atoms with Crippen LogP contribution in [-0.4, -0.2) is 21.1 Å². The molecule has 0 saturated carbocycles. The molecule has 2 aromatic heterocycles. The van der Waals surface area contributed by atoms with Crippen LogP contribution in [0.2, 0.25) is 0 Å². The maximum atomic E-state index is 13.8. The van der Waals surface area contributed by atoms with Gasteiger partial charge in [0, 0.05) is 23.7 Å². The quantitative estimate of drug-likeness (QED) is 0.693. The normalized spacial score (nSPS) is 19.6. The third-order valence-corrected chi connectivity index (χ3v) is 4.93. The van der Waals surface area contributed by atoms with Crippen molar-refractivity contribution >= 4 is 21.6 Å². The minimum absolute atomic E-state index is 0.0543. The van der Waals surface area contributed by atoms with Crippen molar-refractivity contribution in [2.75, 3.05) is 0 Å². The summed E-state index contributed by atoms with van der Waals surface area (Å²) in [5.41, 5.74) is 1.95. The number of aliphatic hydroxyl groups is 1. The van der Waals surface area contributed by atoms with Gasteiger partial charge in [0.2, 0.25) is 0 Å². The highest BCUT2D eigenvalue weighted by Gasteiger charge is 2.37. The van der Waals surface area contributed by atoms with E-state index in [2.05, 4.69) is 25.7 Å². The molecule has 2 heterocycles. The predicted molar refractivity (Wildman–Crippen MR) is 87.3 cm³/mol. The Morgan fingerprint density at radius 1 is 1.32 bits per heavy atom. The summed E-state index contributed by atoms with van der Waals surface area (Å²) in [6.45, 7) is -2.95. The van der Waals surface area contributed by atoms with Crippen molar-refractivity contribution in [3.63, 3.8) is 0 Å². The van der Waals surface area contributed by atoms with Crippen molar-refractivity contribution in [2.24, 2.45) is 0 Å². The Kier molecular flexibility index (Phi) is 3.96. The van der Waals surface area contributed by atoms with Gasteiger partial charge in [-0.2, -0.15) is 8.78 Å². The molecule has 2 atom stereocenters. The van der Waals surface area contributed by atoms with Crippen LogP contribution in [0.25, 0.3) is 5.65 Å². The number of hydrogen-bond donors (Lipinski definition) is 1. The first-order valence-electron chi connectivity index (χ1n) is 7.54. The molecule has 0 radical (unpaired) electrons. The monoisotopic (exact) mass is 412 g/mol. The molecule has 1 unspecified atom stereocenters. The first-order chi connectivity index (χ1) is 12.0. The second kappa shape index (κ2) is 6.03. The van der Waals surface area contributed by atoms with Gasteiger partial charge in [-0.3, -0.25) is 0 Å². The van der Waals surface area contributed by atoms with Crippen molar-refractivity contribution < 1.29 is 23.0 Å². The van der Waals surface area contributed by atoms with Crippen LogP contribution in [0, 0.1) is 5.82 Å². The van der Waals surface area contributed by atoms with Crippen molar-refractivity contribution in [2.45, 2.75) is 25.1 Å². The van der Waals surface area contributed by atoms with E-state index in [4.69, 9.17) is 0 Å². The highest BCUT2D eigenvalue weighted by atomic mass is 79.9. The fourth-order valence-corrected chi connectivity index (χ4v) is 3.68. The number of imidazole rings is 1. The number of fused-ring (bicyclic) bond motifs is 3. The Balaban J connectivity index is 1.90. The summed E-state index contributed by atoms with van der Waals surface area (Å²) in [6.07, 6.45) is 0.957. The minimum atomic E-state index is -2.95. The highest BCUT2D eigenvalue weighted by molar-refractivity contribution is 9.10. The molecule has 1 aromatic carbocycles. The fraction of sp³-hybridized carbons (Fsp3) is 0.235. The van der Waals surface area contributed by atoms with Gasteiger partial charge in [0.15, 0.2) is 0 Å². The standard InChI is InChI=1S/C17H12BrF3N2O2/c18-10-7-23-14(6-11(10)19)22-15-12(24)5-9(16(15)23)8-3-1-2-4-13(8)25-17(20)21/h1-4,6-7,9,12,17,24H,5H2/t9?,12-/m1/s1. The molecule has 1 aliphatic carbocycles. The molecule has 25 heavy (non-hydrogen) atoms. The Bertz CT molecular complexity index is 960. The minimum Gasteiger partial charge on any atom is -0.435 e. The number of benzene rings is 1. The van der Waals surface area contributed by atoms with Crippen LogP contribution < -0.4 is 4.74 Å². The van der Waals surface area contributed by atoms with Gasteiger partial charge in [0.1, 0.15) is 17.2 Å². The lowest BCUT2D eigenvalue weighted by atomic mass is 9.95. The number of halogens is 4. The molecule has 8 heteroatoms. The first kappa shape index (κ1) is 16.4. The van der Waals surface area contributed by atoms with Crippen LogP contribution in [0.3, 0.4) is 0 Å². The van der Waals surface area contributed by atoms with Gasteiger partial charge >= 0.3 is 6.61 Å². The molecule has 0 bridgehead atoms. The van der Waals surface area contributed by atoms with Crippen LogP contribution in [0.1, 0.15) is 35.4 Å². The lowest BCUT2D eigenvalue weighted by Gasteiger charge is -2.17. The van der Waals surface area contributed by atoms with E-state index in [-0.39, 0.29) is 10.2 Å². The fourth-order valence-electron chi connectivity index (χ4n) is 3.36. The molecule has 0 spiro atoms. The molecule has 4 rings (SSSR count). The Morgan fingerprint density at radius 2 is 2.08 bits per heavy atom. The van der Waals surface area contributed by atoms with Crippen LogP contribution in [-0.2, 0) is 0 Å². The number of pyridine rings is 1. The van der Waals surface area contributed by atoms with E-state index < -0.39 is 24.5 Å². The topological polar surface area (TPSA) is 46.8 Å². The maximum Gasteiger partial charge on any atom is 0.387 e. The number of ether oxygens (including phenoxy) is 1. The van der Waals surface area contributed by atoms with Gasteiger partial charge in [0.25, 0.3) is 0 Å². The molecule has 1 N–H and O–H groups in total. The predicted octanol–water partition coefficient (Wildman–Crippen LogP) is 4.41. The van der Waals surface area contributed by atoms with Gasteiger partial charge < -0.3 is 14.2 Å². The van der Waals surface area contributed by atoms with Crippen LogP contribution in [0.15, 0.2) is 41.0 Å². The molecule has 130 valence electrons. The largest absolute Gasteiger partial charge is 0.435 e. The van der Waals surface area contributed by atoms with Crippen molar-refractivity contribution in [3.8, 4) is 5.75 Å². The third kappa shape index (κ3) is 2.69. The SMILES string of the molecule is O[C@@H]1CC(c2ccccc2OC(F)F)c2c1nc1cc(F)c(Br)cn21. The number of rotatable bonds is 3. The van der Waals surface area contributed by atoms with Crippen molar-refractivity contribution in [3.05, 3.63) is 63.8 Å². The lowest BCUT2D eigenvalue weighted by molar-refractivity contribution is -0.0505. The zero-order valence-electron chi connectivity index (χ0n) is 12.7. The molecular weight excluding hydrogens is 401 g/mol. The smallest absolute Gasteiger partial charge is 0.387 e. The maximum absolute atomic E-state index is 13.8. The summed E-state index contributed by atoms with van der Waals surface area (Å²) in [7, 11) is 0. The zero-order chi connectivity index (χ0) is 17.7. The molecular formula is C17H12BrF3N2O2. The average Bonchev–Trinajstić information content (AvgIpc) is 3.06. The number of para-hydroxylation sites is 1. The molecule has 4 nitrogen and oxygen atoms in total. The summed E-state index contributed by atoms with van der Waals surface area (Å²) < 4.78 is 45.7. The van der Waals surface area contributed by atoms with E-state index in [0.29, 0.717) is 29.0 Å². The van der Waals surface area contributed by atoms with Crippen LogP contribution in [0.4, 0.5) is 13.2 Å². The Morgan fingerprint density at radius 3 is 2.84 bits per heavy atom. The van der Waals surface area contributed by atoms with E-state index in [1.54, 1.807) is 22.6 Å². The second-order valence-corrected chi connectivity index (χ2v) is 6.65. The van der Waals surface area contributed by atoms with Gasteiger partial charge in [-0.1, -0.05) is 18.2 Å². The van der Waals surface area contributed by atoms with E-state index in [9.17, 15) is 18.3 Å².